The smallest absolute Gasteiger partial charge is 0.373 e. The second-order valence-electron chi connectivity index (χ2n) is 11.6. The van der Waals surface area contributed by atoms with Crippen molar-refractivity contribution in [2.24, 2.45) is 0 Å². The first-order chi connectivity index (χ1) is 21.2. The molecule has 3 unspecified atom stereocenters. The van der Waals surface area contributed by atoms with Crippen LogP contribution in [0.25, 0.3) is 11.1 Å². The van der Waals surface area contributed by atoms with Gasteiger partial charge in [-0.2, -0.15) is 13.2 Å². The first-order valence-electron chi connectivity index (χ1n) is 14.5. The third-order valence-electron chi connectivity index (χ3n) is 8.28. The number of pyridine rings is 1. The van der Waals surface area contributed by atoms with Crippen LogP contribution in [0.4, 0.5) is 39.3 Å². The number of amides is 1. The fourth-order valence-electron chi connectivity index (χ4n) is 5.64. The van der Waals surface area contributed by atoms with Crippen LogP contribution >= 0.6 is 0 Å². The van der Waals surface area contributed by atoms with Crippen molar-refractivity contribution in [1.29, 1.82) is 0 Å². The Balaban J connectivity index is 1.52. The summed E-state index contributed by atoms with van der Waals surface area (Å²) >= 11 is 0. The number of piperazine rings is 1. The van der Waals surface area contributed by atoms with Crippen LogP contribution in [0, 0.1) is 11.6 Å². The summed E-state index contributed by atoms with van der Waals surface area (Å²) in [5, 5.41) is 2.24. The minimum absolute atomic E-state index is 0.000483. The predicted molar refractivity (Wildman–Crippen MR) is 159 cm³/mol. The van der Waals surface area contributed by atoms with Crippen molar-refractivity contribution in [2.75, 3.05) is 55.4 Å². The van der Waals surface area contributed by atoms with Gasteiger partial charge in [0.25, 0.3) is 5.91 Å². The van der Waals surface area contributed by atoms with Crippen LogP contribution in [0.3, 0.4) is 0 Å². The van der Waals surface area contributed by atoms with E-state index < -0.39 is 51.7 Å². The molecule has 2 aliphatic heterocycles. The summed E-state index contributed by atoms with van der Waals surface area (Å²) in [5.41, 5.74) is -4.64. The fraction of sp³-hybridized carbons (Fsp3) is 0.467. The Labute approximate surface area is 256 Å². The number of H-pyrrole nitrogens is 1. The van der Waals surface area contributed by atoms with Crippen LogP contribution in [-0.4, -0.2) is 84.3 Å². The van der Waals surface area contributed by atoms with Crippen LogP contribution in [0.2, 0.25) is 0 Å². The molecule has 0 spiro atoms. The van der Waals surface area contributed by atoms with Crippen molar-refractivity contribution in [3.8, 4) is 11.1 Å². The lowest BCUT2D eigenvalue weighted by molar-refractivity contribution is -0.138. The molecule has 3 atom stereocenters. The van der Waals surface area contributed by atoms with Gasteiger partial charge in [-0.05, 0) is 33.7 Å². The van der Waals surface area contributed by atoms with E-state index in [1.165, 1.54) is 12.4 Å². The van der Waals surface area contributed by atoms with E-state index >= 15 is 8.78 Å². The second kappa shape index (κ2) is 12.7. The number of nitrogens with zero attached hydrogens (tertiary/aromatic N) is 5. The number of benzene rings is 1. The molecule has 0 saturated carbocycles. The van der Waals surface area contributed by atoms with Gasteiger partial charge in [0.1, 0.15) is 11.5 Å². The first-order valence-corrected chi connectivity index (χ1v) is 14.5. The maximum absolute atomic E-state index is 16.4. The molecule has 0 radical (unpaired) electrons. The number of likely N-dealkylation sites (N-methyl/N-ethyl adjacent to an activating group) is 2. The van der Waals surface area contributed by atoms with Crippen LogP contribution in [0.1, 0.15) is 42.6 Å². The SMILES string of the molecule is CC1CCC(CN(C)c2ncc(-c3c(F)cc(N4CCN(C)C(C)C4)c(NC(=O)c4c[nH]c(=O)cc4C(F)(F)F)c3F)cn2)O1. The Morgan fingerprint density at radius 1 is 1.16 bits per heavy atom. The van der Waals surface area contributed by atoms with Crippen molar-refractivity contribution in [1.82, 2.24) is 19.9 Å². The van der Waals surface area contributed by atoms with Crippen molar-refractivity contribution < 1.29 is 31.5 Å². The molecule has 2 fully saturated rings. The maximum Gasteiger partial charge on any atom is 0.417 e. The molecule has 45 heavy (non-hydrogen) atoms. The number of rotatable bonds is 7. The number of aromatic amines is 1. The predicted octanol–water partition coefficient (Wildman–Crippen LogP) is 4.53. The van der Waals surface area contributed by atoms with E-state index in [9.17, 15) is 22.8 Å². The van der Waals surface area contributed by atoms with Crippen molar-refractivity contribution in [2.45, 2.75) is 51.1 Å². The van der Waals surface area contributed by atoms with Gasteiger partial charge >= 0.3 is 6.18 Å². The van der Waals surface area contributed by atoms with Gasteiger partial charge < -0.3 is 29.7 Å². The monoisotopic (exact) mass is 635 g/mol. The van der Waals surface area contributed by atoms with Gasteiger partial charge in [-0.3, -0.25) is 9.59 Å². The number of alkyl halides is 3. The lowest BCUT2D eigenvalue weighted by Gasteiger charge is -2.39. The highest BCUT2D eigenvalue weighted by Crippen LogP contribution is 2.39. The summed E-state index contributed by atoms with van der Waals surface area (Å²) in [6, 6.07) is 1.27. The van der Waals surface area contributed by atoms with Gasteiger partial charge in [0.2, 0.25) is 11.5 Å². The highest BCUT2D eigenvalue weighted by atomic mass is 19.4. The topological polar surface area (TPSA) is 107 Å². The number of aromatic nitrogens is 3. The van der Waals surface area contributed by atoms with Crippen molar-refractivity contribution in [3.63, 3.8) is 0 Å². The molecule has 242 valence electrons. The number of halogens is 5. The summed E-state index contributed by atoms with van der Waals surface area (Å²) in [6.45, 7) is 5.63. The molecule has 15 heteroatoms. The molecular weight excluding hydrogens is 601 g/mol. The fourth-order valence-corrected chi connectivity index (χ4v) is 5.64. The Morgan fingerprint density at radius 2 is 1.87 bits per heavy atom. The minimum atomic E-state index is -5.04. The standard InChI is InChI=1S/C30H34F5N7O3/c1-16-14-42(8-7-40(16)3)23-10-22(31)25(18-11-37-29(38-12-18)41(4)15-19-6-5-17(2)45-19)26(32)27(23)39-28(44)20-13-36-24(43)9-21(20)30(33,34)35/h9-13,16-17,19H,5-8,14-15H2,1-4H3,(H,36,43)(H,39,44). The Kier molecular flexibility index (Phi) is 9.12. The Bertz CT molecular complexity index is 1620. The van der Waals surface area contributed by atoms with E-state index in [0.717, 1.165) is 18.9 Å². The third kappa shape index (κ3) is 6.93. The molecule has 4 heterocycles. The molecule has 1 amide bonds. The molecule has 3 aromatic rings. The number of carbonyl (C=O) groups is 1. The largest absolute Gasteiger partial charge is 0.417 e. The zero-order valence-corrected chi connectivity index (χ0v) is 25.2. The quantitative estimate of drug-likeness (QED) is 0.365. The van der Waals surface area contributed by atoms with E-state index in [2.05, 4.69) is 20.3 Å². The highest BCUT2D eigenvalue weighted by molar-refractivity contribution is 6.07. The van der Waals surface area contributed by atoms with Crippen molar-refractivity contribution in [3.05, 3.63) is 63.8 Å². The Hall–Kier alpha value is -4.11. The average molecular weight is 636 g/mol. The molecule has 5 rings (SSSR count). The first kappa shape index (κ1) is 32.3. The van der Waals surface area contributed by atoms with Crippen LogP contribution < -0.4 is 20.7 Å². The summed E-state index contributed by atoms with van der Waals surface area (Å²) in [5.74, 6) is -3.21. The van der Waals surface area contributed by atoms with E-state index in [0.29, 0.717) is 38.3 Å². The van der Waals surface area contributed by atoms with Gasteiger partial charge in [0.05, 0.1) is 34.6 Å². The number of hydrogen-bond acceptors (Lipinski definition) is 8. The second-order valence-corrected chi connectivity index (χ2v) is 11.6. The molecule has 0 bridgehead atoms. The number of anilines is 3. The van der Waals surface area contributed by atoms with E-state index in [-0.39, 0.29) is 35.6 Å². The zero-order valence-electron chi connectivity index (χ0n) is 25.2. The van der Waals surface area contributed by atoms with Gasteiger partial charge in [-0.15, -0.1) is 0 Å². The van der Waals surface area contributed by atoms with Crippen LogP contribution in [0.5, 0.6) is 0 Å². The van der Waals surface area contributed by atoms with Gasteiger partial charge in [0.15, 0.2) is 5.82 Å². The molecule has 2 N–H and O–H groups in total. The molecule has 2 aromatic heterocycles. The number of ether oxygens (including phenoxy) is 1. The minimum Gasteiger partial charge on any atom is -0.373 e. The number of carbonyl (C=O) groups excluding carboxylic acids is 1. The van der Waals surface area contributed by atoms with Gasteiger partial charge in [-0.25, -0.2) is 18.7 Å². The van der Waals surface area contributed by atoms with Crippen molar-refractivity contribution >= 4 is 23.2 Å². The molecule has 1 aromatic carbocycles. The molecule has 10 nitrogen and oxygen atoms in total. The zero-order chi connectivity index (χ0) is 32.6. The van der Waals surface area contributed by atoms with Gasteiger partial charge in [-0.1, -0.05) is 0 Å². The molecule has 0 aliphatic carbocycles. The third-order valence-corrected chi connectivity index (χ3v) is 8.28. The Morgan fingerprint density at radius 3 is 2.49 bits per heavy atom. The molecular formula is C30H34F5N7O3. The highest BCUT2D eigenvalue weighted by Gasteiger charge is 2.37. The molecule has 2 saturated heterocycles. The molecule has 2 aliphatic rings. The van der Waals surface area contributed by atoms with E-state index in [1.54, 1.807) is 16.8 Å². The lowest BCUT2D eigenvalue weighted by atomic mass is 10.0. The maximum atomic E-state index is 16.4. The van der Waals surface area contributed by atoms with Gasteiger partial charge in [0, 0.05) is 75.6 Å². The van der Waals surface area contributed by atoms with Crippen LogP contribution in [-0.2, 0) is 10.9 Å². The normalized spacial score (nSPS) is 20.8. The lowest BCUT2D eigenvalue weighted by Crippen LogP contribution is -2.50. The summed E-state index contributed by atoms with van der Waals surface area (Å²) in [7, 11) is 3.67. The number of hydrogen-bond donors (Lipinski definition) is 2. The summed E-state index contributed by atoms with van der Waals surface area (Å²) < 4.78 is 79.1. The van der Waals surface area contributed by atoms with Crippen LogP contribution in [0.15, 0.2) is 35.5 Å². The van der Waals surface area contributed by atoms with E-state index in [4.69, 9.17) is 4.74 Å². The number of nitrogens with one attached hydrogen (secondary N) is 2. The summed E-state index contributed by atoms with van der Waals surface area (Å²) in [6.07, 6.45) is 0.0392. The van der Waals surface area contributed by atoms with E-state index in [1.807, 2.05) is 25.8 Å². The summed E-state index contributed by atoms with van der Waals surface area (Å²) in [4.78, 5) is 41.0. The average Bonchev–Trinajstić information content (AvgIpc) is 3.39.